The molecule has 0 fully saturated rings. The van der Waals surface area contributed by atoms with E-state index >= 15 is 0 Å². The summed E-state index contributed by atoms with van der Waals surface area (Å²) in [6.07, 6.45) is 8.80. The van der Waals surface area contributed by atoms with Gasteiger partial charge in [0.25, 0.3) is 0 Å². The van der Waals surface area contributed by atoms with Crippen molar-refractivity contribution in [3.8, 4) is 17.6 Å². The summed E-state index contributed by atoms with van der Waals surface area (Å²) in [4.78, 5) is 20.1. The van der Waals surface area contributed by atoms with E-state index in [-0.39, 0.29) is 17.1 Å². The summed E-state index contributed by atoms with van der Waals surface area (Å²) in [6.45, 7) is 2.82. The lowest BCUT2D eigenvalue weighted by atomic mass is 10.2. The SMILES string of the molecule is CCCCOc1ccc(C=Cc2cnc(C(=O)Oc3ccc(C#N)c(F)c3)nc2)cc1. The van der Waals surface area contributed by atoms with Gasteiger partial charge in [-0.05, 0) is 36.2 Å². The molecule has 0 saturated carbocycles. The van der Waals surface area contributed by atoms with Crippen LogP contribution in [0, 0.1) is 17.1 Å². The molecule has 0 atom stereocenters. The van der Waals surface area contributed by atoms with Crippen molar-refractivity contribution in [2.45, 2.75) is 19.8 Å². The van der Waals surface area contributed by atoms with Crippen LogP contribution >= 0.6 is 0 Å². The maximum absolute atomic E-state index is 13.6. The number of aromatic nitrogens is 2. The third-order valence-electron chi connectivity index (χ3n) is 4.24. The van der Waals surface area contributed by atoms with Gasteiger partial charge >= 0.3 is 5.97 Å². The largest absolute Gasteiger partial charge is 0.494 e. The average Bonchev–Trinajstić information content (AvgIpc) is 2.79. The smallest absolute Gasteiger partial charge is 0.381 e. The molecule has 0 spiro atoms. The summed E-state index contributed by atoms with van der Waals surface area (Å²) in [5, 5.41) is 8.73. The summed E-state index contributed by atoms with van der Waals surface area (Å²) in [5.74, 6) is -0.946. The Morgan fingerprint density at radius 2 is 1.74 bits per heavy atom. The van der Waals surface area contributed by atoms with Crippen LogP contribution in [0.5, 0.6) is 11.5 Å². The number of nitrogens with zero attached hydrogens (tertiary/aromatic N) is 3. The first-order chi connectivity index (χ1) is 15.1. The molecule has 6 nitrogen and oxygen atoms in total. The van der Waals surface area contributed by atoms with Crippen LogP contribution in [0.4, 0.5) is 4.39 Å². The topological polar surface area (TPSA) is 85.1 Å². The highest BCUT2D eigenvalue weighted by Gasteiger charge is 2.13. The number of ether oxygens (including phenoxy) is 2. The molecule has 2 aromatic carbocycles. The van der Waals surface area contributed by atoms with E-state index in [0.717, 1.165) is 30.2 Å². The summed E-state index contributed by atoms with van der Waals surface area (Å²) >= 11 is 0. The van der Waals surface area contributed by atoms with E-state index in [9.17, 15) is 9.18 Å². The van der Waals surface area contributed by atoms with Crippen LogP contribution in [0.15, 0.2) is 54.9 Å². The first-order valence-electron chi connectivity index (χ1n) is 9.74. The van der Waals surface area contributed by atoms with Crippen LogP contribution in [-0.2, 0) is 0 Å². The number of carbonyl (C=O) groups is 1. The molecule has 31 heavy (non-hydrogen) atoms. The molecule has 0 radical (unpaired) electrons. The Morgan fingerprint density at radius 3 is 2.39 bits per heavy atom. The van der Waals surface area contributed by atoms with E-state index in [0.29, 0.717) is 12.2 Å². The molecule has 0 aliphatic carbocycles. The van der Waals surface area contributed by atoms with E-state index in [1.165, 1.54) is 24.5 Å². The number of carbonyl (C=O) groups excluding carboxylic acids is 1. The zero-order chi connectivity index (χ0) is 22.1. The second-order valence-corrected chi connectivity index (χ2v) is 6.59. The van der Waals surface area contributed by atoms with Crippen molar-refractivity contribution in [1.29, 1.82) is 5.26 Å². The van der Waals surface area contributed by atoms with Gasteiger partial charge in [-0.2, -0.15) is 5.26 Å². The second kappa shape index (κ2) is 10.6. The zero-order valence-electron chi connectivity index (χ0n) is 16.9. The van der Waals surface area contributed by atoms with E-state index in [1.54, 1.807) is 6.07 Å². The summed E-state index contributed by atoms with van der Waals surface area (Å²) in [6, 6.07) is 12.9. The minimum atomic E-state index is -0.821. The Bertz CT molecular complexity index is 1100. The first kappa shape index (κ1) is 21.7. The summed E-state index contributed by atoms with van der Waals surface area (Å²) in [5.41, 5.74) is 1.55. The van der Waals surface area contributed by atoms with Gasteiger partial charge in [-0.1, -0.05) is 37.6 Å². The molecule has 0 unspecified atom stereocenters. The van der Waals surface area contributed by atoms with Crippen LogP contribution < -0.4 is 9.47 Å². The number of nitriles is 1. The number of halogens is 1. The Balaban J connectivity index is 1.58. The molecule has 0 bridgehead atoms. The van der Waals surface area contributed by atoms with Crippen LogP contribution in [0.2, 0.25) is 0 Å². The number of hydrogen-bond donors (Lipinski definition) is 0. The van der Waals surface area contributed by atoms with Crippen molar-refractivity contribution in [1.82, 2.24) is 9.97 Å². The third kappa shape index (κ3) is 6.21. The fourth-order valence-corrected chi connectivity index (χ4v) is 2.53. The number of unbranched alkanes of at least 4 members (excludes halogenated alkanes) is 1. The molecule has 3 aromatic rings. The molecule has 0 aliphatic heterocycles. The van der Waals surface area contributed by atoms with Crippen molar-refractivity contribution in [3.05, 3.63) is 83.2 Å². The van der Waals surface area contributed by atoms with Crippen molar-refractivity contribution in [2.24, 2.45) is 0 Å². The molecule has 0 N–H and O–H groups in total. The van der Waals surface area contributed by atoms with Gasteiger partial charge < -0.3 is 9.47 Å². The van der Waals surface area contributed by atoms with E-state index in [2.05, 4.69) is 16.9 Å². The molecule has 0 amide bonds. The lowest BCUT2D eigenvalue weighted by Crippen LogP contribution is -2.12. The second-order valence-electron chi connectivity index (χ2n) is 6.59. The maximum Gasteiger partial charge on any atom is 0.381 e. The molecule has 1 heterocycles. The highest BCUT2D eigenvalue weighted by Crippen LogP contribution is 2.17. The fraction of sp³-hybridized carbons (Fsp3) is 0.167. The number of rotatable bonds is 8. The third-order valence-corrected chi connectivity index (χ3v) is 4.24. The molecule has 3 rings (SSSR count). The lowest BCUT2D eigenvalue weighted by molar-refractivity contribution is 0.0721. The van der Waals surface area contributed by atoms with Gasteiger partial charge in [0.2, 0.25) is 5.82 Å². The minimum absolute atomic E-state index is 0.0313. The van der Waals surface area contributed by atoms with E-state index in [1.807, 2.05) is 36.4 Å². The molecule has 0 saturated heterocycles. The van der Waals surface area contributed by atoms with E-state index in [4.69, 9.17) is 14.7 Å². The van der Waals surface area contributed by atoms with Crippen LogP contribution in [0.25, 0.3) is 12.2 Å². The lowest BCUT2D eigenvalue weighted by Gasteiger charge is -2.05. The normalized spacial score (nSPS) is 10.6. The zero-order valence-corrected chi connectivity index (χ0v) is 16.9. The monoisotopic (exact) mass is 417 g/mol. The Labute approximate surface area is 179 Å². The van der Waals surface area contributed by atoms with Crippen LogP contribution in [0.1, 0.15) is 47.1 Å². The molecule has 0 aliphatic rings. The molecule has 1 aromatic heterocycles. The van der Waals surface area contributed by atoms with Gasteiger partial charge in [0.05, 0.1) is 12.2 Å². The predicted molar refractivity (Wildman–Crippen MR) is 114 cm³/mol. The van der Waals surface area contributed by atoms with Crippen molar-refractivity contribution in [2.75, 3.05) is 6.61 Å². The summed E-state index contributed by atoms with van der Waals surface area (Å²) < 4.78 is 24.3. The van der Waals surface area contributed by atoms with Gasteiger partial charge in [-0.15, -0.1) is 0 Å². The number of hydrogen-bond acceptors (Lipinski definition) is 6. The van der Waals surface area contributed by atoms with Gasteiger partial charge in [0.1, 0.15) is 23.4 Å². The fourth-order valence-electron chi connectivity index (χ4n) is 2.53. The Kier molecular flexibility index (Phi) is 7.44. The average molecular weight is 417 g/mol. The number of esters is 1. The van der Waals surface area contributed by atoms with E-state index < -0.39 is 11.8 Å². The summed E-state index contributed by atoms with van der Waals surface area (Å²) in [7, 11) is 0. The highest BCUT2D eigenvalue weighted by molar-refractivity contribution is 5.87. The molecular formula is C24H20FN3O3. The maximum atomic E-state index is 13.6. The van der Waals surface area contributed by atoms with Crippen molar-refractivity contribution in [3.63, 3.8) is 0 Å². The van der Waals surface area contributed by atoms with Crippen LogP contribution in [0.3, 0.4) is 0 Å². The predicted octanol–water partition coefficient (Wildman–Crippen LogP) is 5.06. The first-order valence-corrected chi connectivity index (χ1v) is 9.74. The molecule has 7 heteroatoms. The van der Waals surface area contributed by atoms with Gasteiger partial charge in [0, 0.05) is 24.0 Å². The van der Waals surface area contributed by atoms with Crippen molar-refractivity contribution < 1.29 is 18.7 Å². The van der Waals surface area contributed by atoms with Gasteiger partial charge in [-0.25, -0.2) is 19.2 Å². The van der Waals surface area contributed by atoms with Crippen LogP contribution in [-0.4, -0.2) is 22.5 Å². The van der Waals surface area contributed by atoms with Gasteiger partial charge in [-0.3, -0.25) is 0 Å². The molecular weight excluding hydrogens is 397 g/mol. The molecule has 156 valence electrons. The minimum Gasteiger partial charge on any atom is -0.494 e. The quantitative estimate of drug-likeness (QED) is 0.289. The van der Waals surface area contributed by atoms with Gasteiger partial charge in [0.15, 0.2) is 0 Å². The Morgan fingerprint density at radius 1 is 1.06 bits per heavy atom. The standard InChI is InChI=1S/C24H20FN3O3/c1-2-3-12-30-20-9-6-17(7-10-20)4-5-18-15-27-23(28-16-18)24(29)31-21-11-8-19(14-26)22(25)13-21/h4-11,13,15-16H,2-3,12H2,1H3. The van der Waals surface area contributed by atoms with Crippen molar-refractivity contribution >= 4 is 18.1 Å². The highest BCUT2D eigenvalue weighted by atomic mass is 19.1. The number of benzene rings is 2. The Hall–Kier alpha value is -4.05.